The van der Waals surface area contributed by atoms with E-state index in [0.717, 1.165) is 0 Å². The zero-order chi connectivity index (χ0) is 26.7. The highest BCUT2D eigenvalue weighted by molar-refractivity contribution is 4.97. The summed E-state index contributed by atoms with van der Waals surface area (Å²) in [6.45, 7) is 9.47. The summed E-state index contributed by atoms with van der Waals surface area (Å²) in [5, 5.41) is 0. The summed E-state index contributed by atoms with van der Waals surface area (Å²) in [4.78, 5) is 5.36. The molecule has 0 amide bonds. The third-order valence-corrected chi connectivity index (χ3v) is 8.57. The van der Waals surface area contributed by atoms with Crippen molar-refractivity contribution < 1.29 is 0 Å². The fourth-order valence-electron chi connectivity index (χ4n) is 6.01. The average molecular weight is 519 g/mol. The Kier molecular flexibility index (Phi) is 25.0. The Labute approximate surface area is 235 Å². The van der Waals surface area contributed by atoms with Gasteiger partial charge < -0.3 is 9.80 Å². The van der Waals surface area contributed by atoms with Gasteiger partial charge in [-0.3, -0.25) is 0 Å². The van der Waals surface area contributed by atoms with Crippen LogP contribution in [0, 0.1) is 0 Å². The molecule has 0 saturated carbocycles. The summed E-state index contributed by atoms with van der Waals surface area (Å²) in [5.41, 5.74) is 0. The van der Waals surface area contributed by atoms with E-state index in [-0.39, 0.29) is 0 Å². The number of rotatable bonds is 29. The smallest absolute Gasteiger partial charge is 0.101 e. The summed E-state index contributed by atoms with van der Waals surface area (Å²) < 4.78 is 0. The van der Waals surface area contributed by atoms with Gasteiger partial charge in [-0.15, -0.1) is 0 Å². The van der Waals surface area contributed by atoms with Crippen molar-refractivity contribution in [3.8, 4) is 0 Å². The maximum absolute atomic E-state index is 2.68. The van der Waals surface area contributed by atoms with E-state index in [1.807, 2.05) is 0 Å². The summed E-state index contributed by atoms with van der Waals surface area (Å²) >= 11 is 0. The maximum atomic E-state index is 2.68. The van der Waals surface area contributed by atoms with E-state index in [9.17, 15) is 0 Å². The molecule has 37 heavy (non-hydrogen) atoms. The zero-order valence-electron chi connectivity index (χ0n) is 26.1. The van der Waals surface area contributed by atoms with Gasteiger partial charge in [-0.05, 0) is 25.7 Å². The van der Waals surface area contributed by atoms with Gasteiger partial charge in [-0.1, -0.05) is 168 Å². The predicted molar refractivity (Wildman–Crippen MR) is 168 cm³/mol. The molecule has 1 aliphatic heterocycles. The fraction of sp³-hybridized carbons (Fsp3) is 0.943. The van der Waals surface area contributed by atoms with Crippen LogP contribution in [0.4, 0.5) is 0 Å². The van der Waals surface area contributed by atoms with Gasteiger partial charge in [0.1, 0.15) is 6.17 Å². The van der Waals surface area contributed by atoms with E-state index in [1.54, 1.807) is 0 Å². The Morgan fingerprint density at radius 1 is 0.351 bits per heavy atom. The van der Waals surface area contributed by atoms with Crippen LogP contribution >= 0.6 is 0 Å². The minimum Gasteiger partial charge on any atom is -0.356 e. The maximum Gasteiger partial charge on any atom is 0.101 e. The molecule has 1 aliphatic rings. The van der Waals surface area contributed by atoms with Crippen LogP contribution in [0.2, 0.25) is 0 Å². The second kappa shape index (κ2) is 26.9. The lowest BCUT2D eigenvalue weighted by Crippen LogP contribution is -2.39. The van der Waals surface area contributed by atoms with Crippen molar-refractivity contribution in [3.05, 3.63) is 12.4 Å². The number of nitrogens with zero attached hydrogens (tertiary/aromatic N) is 2. The van der Waals surface area contributed by atoms with Crippen LogP contribution in [-0.4, -0.2) is 29.1 Å². The van der Waals surface area contributed by atoms with E-state index in [2.05, 4.69) is 43.0 Å². The lowest BCUT2D eigenvalue weighted by Gasteiger charge is -2.33. The van der Waals surface area contributed by atoms with Gasteiger partial charge in [0.05, 0.1) is 0 Å². The quantitative estimate of drug-likeness (QED) is 0.0908. The Bertz CT molecular complexity index is 474. The van der Waals surface area contributed by atoms with Gasteiger partial charge in [-0.25, -0.2) is 0 Å². The molecule has 0 spiro atoms. The monoisotopic (exact) mass is 519 g/mol. The van der Waals surface area contributed by atoms with Gasteiger partial charge >= 0.3 is 0 Å². The van der Waals surface area contributed by atoms with Gasteiger partial charge in [0, 0.05) is 25.5 Å². The molecule has 1 atom stereocenters. The first-order valence-electron chi connectivity index (χ1n) is 17.5. The molecule has 0 aromatic rings. The van der Waals surface area contributed by atoms with E-state index >= 15 is 0 Å². The molecule has 1 unspecified atom stereocenters. The minimum atomic E-state index is 0.642. The molecular formula is C35H70N2. The third kappa shape index (κ3) is 20.0. The molecule has 1 heterocycles. The second-order valence-corrected chi connectivity index (χ2v) is 12.2. The highest BCUT2D eigenvalue weighted by Gasteiger charge is 2.24. The first-order chi connectivity index (χ1) is 18.3. The summed E-state index contributed by atoms with van der Waals surface area (Å²) in [6.07, 6.45) is 44.0. The van der Waals surface area contributed by atoms with E-state index in [4.69, 9.17) is 0 Å². The number of hydrogen-bond acceptors (Lipinski definition) is 2. The molecule has 1 rings (SSSR count). The van der Waals surface area contributed by atoms with Crippen LogP contribution in [-0.2, 0) is 0 Å². The zero-order valence-corrected chi connectivity index (χ0v) is 26.1. The van der Waals surface area contributed by atoms with Crippen molar-refractivity contribution in [2.24, 2.45) is 0 Å². The van der Waals surface area contributed by atoms with Crippen LogP contribution in [0.3, 0.4) is 0 Å². The van der Waals surface area contributed by atoms with E-state index in [0.29, 0.717) is 6.17 Å². The van der Waals surface area contributed by atoms with Crippen LogP contribution in [0.25, 0.3) is 0 Å². The first kappa shape index (κ1) is 34.4. The van der Waals surface area contributed by atoms with Crippen LogP contribution in [0.15, 0.2) is 12.4 Å². The molecule has 0 radical (unpaired) electrons. The molecule has 0 bridgehead atoms. The second-order valence-electron chi connectivity index (χ2n) is 12.2. The van der Waals surface area contributed by atoms with Gasteiger partial charge in [-0.2, -0.15) is 0 Å². The summed E-state index contributed by atoms with van der Waals surface area (Å²) in [7, 11) is 0. The first-order valence-corrected chi connectivity index (χ1v) is 17.5. The molecule has 0 fully saturated rings. The largest absolute Gasteiger partial charge is 0.356 e. The summed E-state index contributed by atoms with van der Waals surface area (Å²) in [5.74, 6) is 0. The lowest BCUT2D eigenvalue weighted by atomic mass is 10.0. The van der Waals surface area contributed by atoms with Crippen LogP contribution in [0.1, 0.15) is 194 Å². The highest BCUT2D eigenvalue weighted by Crippen LogP contribution is 2.23. The molecule has 2 heteroatoms. The Morgan fingerprint density at radius 2 is 0.622 bits per heavy atom. The molecule has 220 valence electrons. The Morgan fingerprint density at radius 3 is 0.946 bits per heavy atom. The van der Waals surface area contributed by atoms with Crippen molar-refractivity contribution in [2.75, 3.05) is 13.1 Å². The molecule has 0 aliphatic carbocycles. The van der Waals surface area contributed by atoms with Crippen molar-refractivity contribution in [3.63, 3.8) is 0 Å². The fourth-order valence-corrected chi connectivity index (χ4v) is 6.01. The molecule has 0 saturated heterocycles. The molecule has 0 aromatic carbocycles. The highest BCUT2D eigenvalue weighted by atomic mass is 15.4. The summed E-state index contributed by atoms with van der Waals surface area (Å²) in [6, 6.07) is 0. The molecular weight excluding hydrogens is 448 g/mol. The van der Waals surface area contributed by atoms with Gasteiger partial charge in [0.15, 0.2) is 0 Å². The van der Waals surface area contributed by atoms with Crippen LogP contribution < -0.4 is 0 Å². The minimum absolute atomic E-state index is 0.642. The lowest BCUT2D eigenvalue weighted by molar-refractivity contribution is 0.135. The normalized spacial score (nSPS) is 15.4. The molecule has 0 N–H and O–H groups in total. The number of unbranched alkanes of at least 4 members (excludes halogenated alkanes) is 23. The van der Waals surface area contributed by atoms with Crippen LogP contribution in [0.5, 0.6) is 0 Å². The van der Waals surface area contributed by atoms with E-state index in [1.165, 1.54) is 186 Å². The molecule has 0 aromatic heterocycles. The van der Waals surface area contributed by atoms with Crippen molar-refractivity contribution in [1.29, 1.82) is 0 Å². The van der Waals surface area contributed by atoms with Crippen molar-refractivity contribution in [1.82, 2.24) is 9.80 Å². The van der Waals surface area contributed by atoms with Gasteiger partial charge in [0.25, 0.3) is 0 Å². The third-order valence-electron chi connectivity index (χ3n) is 8.57. The van der Waals surface area contributed by atoms with E-state index < -0.39 is 0 Å². The average Bonchev–Trinajstić information content (AvgIpc) is 3.29. The Balaban J connectivity index is 2.03. The van der Waals surface area contributed by atoms with Crippen molar-refractivity contribution >= 4 is 0 Å². The standard InChI is InChI=1S/C35H70N2/c1-4-7-10-12-14-15-16-17-18-19-20-21-22-24-26-29-32-37-34-33-36(35(37)30-27-9-6-3)31-28-25-23-13-11-8-5-2/h33-35H,4-32H2,1-3H3. The number of hydrogen-bond donors (Lipinski definition) is 0. The van der Waals surface area contributed by atoms with Crippen molar-refractivity contribution in [2.45, 2.75) is 200 Å². The molecule has 2 nitrogen and oxygen atoms in total. The topological polar surface area (TPSA) is 6.48 Å². The SMILES string of the molecule is CCCCCCCCCCCCCCCCCCN1C=CN(CCCCCCCCC)C1CCCCC. The van der Waals surface area contributed by atoms with Gasteiger partial charge in [0.2, 0.25) is 0 Å². The Hall–Kier alpha value is -0.660. The predicted octanol–water partition coefficient (Wildman–Crippen LogP) is 12.0.